The molecule has 5 nitrogen and oxygen atoms in total. The molecule has 0 spiro atoms. The van der Waals surface area contributed by atoms with Crippen LogP contribution in [0, 0.1) is 0 Å². The maximum atomic E-state index is 12.9. The zero-order valence-corrected chi connectivity index (χ0v) is 15.2. The molecule has 0 bridgehead atoms. The molecule has 24 heavy (non-hydrogen) atoms. The molecule has 1 aliphatic heterocycles. The number of nitrogens with two attached hydrogens (primary N) is 1. The number of anilines is 1. The summed E-state index contributed by atoms with van der Waals surface area (Å²) < 4.78 is 0.971. The number of carbonyl (C=O) groups excluding carboxylic acids is 1. The van der Waals surface area contributed by atoms with E-state index in [-0.39, 0.29) is 5.91 Å². The average molecular weight is 389 g/mol. The van der Waals surface area contributed by atoms with Gasteiger partial charge in [0.2, 0.25) is 5.91 Å². The quantitative estimate of drug-likeness (QED) is 0.876. The second kappa shape index (κ2) is 6.91. The van der Waals surface area contributed by atoms with E-state index in [1.807, 2.05) is 47.4 Å². The monoisotopic (exact) mass is 388 g/mol. The maximum absolute atomic E-state index is 12.9. The Bertz CT molecular complexity index is 695. The number of hydrogen-bond donors (Lipinski definition) is 1. The van der Waals surface area contributed by atoms with Gasteiger partial charge in [-0.15, -0.1) is 0 Å². The number of halogens is 1. The number of piperazine rings is 1. The van der Waals surface area contributed by atoms with Crippen LogP contribution in [0.3, 0.4) is 0 Å². The Morgan fingerprint density at radius 3 is 2.38 bits per heavy atom. The van der Waals surface area contributed by atoms with Gasteiger partial charge in [-0.05, 0) is 36.8 Å². The first kappa shape index (κ1) is 16.9. The van der Waals surface area contributed by atoms with Crippen LogP contribution in [-0.2, 0) is 10.3 Å². The molecule has 2 heterocycles. The number of hydrogen-bond acceptors (Lipinski definition) is 4. The molecule has 3 rings (SSSR count). The number of rotatable bonds is 3. The lowest BCUT2D eigenvalue weighted by molar-refractivity contribution is -0.137. The van der Waals surface area contributed by atoms with Crippen LogP contribution < -0.4 is 10.6 Å². The highest BCUT2D eigenvalue weighted by Gasteiger charge is 2.35. The Balaban J connectivity index is 1.67. The van der Waals surface area contributed by atoms with E-state index >= 15 is 0 Å². The number of aromatic nitrogens is 1. The Morgan fingerprint density at radius 1 is 1.12 bits per heavy atom. The number of carbonyl (C=O) groups is 1. The van der Waals surface area contributed by atoms with E-state index in [4.69, 9.17) is 5.73 Å². The highest BCUT2D eigenvalue weighted by Crippen LogP contribution is 2.24. The smallest absolute Gasteiger partial charge is 0.247 e. The number of benzene rings is 1. The molecule has 6 heteroatoms. The Morgan fingerprint density at radius 2 is 1.79 bits per heavy atom. The highest BCUT2D eigenvalue weighted by molar-refractivity contribution is 9.10. The van der Waals surface area contributed by atoms with Gasteiger partial charge >= 0.3 is 0 Å². The molecule has 1 unspecified atom stereocenters. The van der Waals surface area contributed by atoms with Crippen molar-refractivity contribution < 1.29 is 4.79 Å². The summed E-state index contributed by atoms with van der Waals surface area (Å²) in [5.41, 5.74) is 6.18. The van der Waals surface area contributed by atoms with Crippen molar-refractivity contribution in [3.63, 3.8) is 0 Å². The van der Waals surface area contributed by atoms with Crippen molar-refractivity contribution in [1.29, 1.82) is 0 Å². The van der Waals surface area contributed by atoms with Crippen LogP contribution in [0.25, 0.3) is 0 Å². The third-order valence-corrected chi connectivity index (χ3v) is 4.96. The van der Waals surface area contributed by atoms with E-state index in [0.717, 1.165) is 28.9 Å². The standard InChI is InChI=1S/C18H21BrN4O/c1-18(20,14-5-7-15(19)8-6-14)17(24)23-12-10-22(11-13-23)16-4-2-3-9-21-16/h2-9H,10-13,20H2,1H3. The zero-order chi connectivity index (χ0) is 17.2. The minimum absolute atomic E-state index is 0.0366. The summed E-state index contributed by atoms with van der Waals surface area (Å²) in [6.45, 7) is 4.61. The van der Waals surface area contributed by atoms with Crippen molar-refractivity contribution in [1.82, 2.24) is 9.88 Å². The first-order valence-electron chi connectivity index (χ1n) is 7.99. The van der Waals surface area contributed by atoms with Gasteiger partial charge in [0.25, 0.3) is 0 Å². The molecule has 1 atom stereocenters. The third-order valence-electron chi connectivity index (χ3n) is 4.43. The summed E-state index contributed by atoms with van der Waals surface area (Å²) in [7, 11) is 0. The molecular weight excluding hydrogens is 368 g/mol. The molecule has 2 N–H and O–H groups in total. The van der Waals surface area contributed by atoms with Gasteiger partial charge in [-0.3, -0.25) is 4.79 Å². The lowest BCUT2D eigenvalue weighted by Crippen LogP contribution is -2.56. The van der Waals surface area contributed by atoms with Gasteiger partial charge in [0, 0.05) is 36.8 Å². The second-order valence-electron chi connectivity index (χ2n) is 6.18. The van der Waals surface area contributed by atoms with E-state index in [1.54, 1.807) is 13.1 Å². The van der Waals surface area contributed by atoms with Crippen LogP contribution >= 0.6 is 15.9 Å². The minimum Gasteiger partial charge on any atom is -0.353 e. The fraction of sp³-hybridized carbons (Fsp3) is 0.333. The van der Waals surface area contributed by atoms with Gasteiger partial charge in [0.1, 0.15) is 11.4 Å². The molecular formula is C18H21BrN4O. The summed E-state index contributed by atoms with van der Waals surface area (Å²) >= 11 is 3.41. The Labute approximate surface area is 150 Å². The normalized spacial score (nSPS) is 17.5. The van der Waals surface area contributed by atoms with Crippen LogP contribution in [-0.4, -0.2) is 42.0 Å². The van der Waals surface area contributed by atoms with E-state index in [0.29, 0.717) is 13.1 Å². The molecule has 1 amide bonds. The first-order chi connectivity index (χ1) is 11.5. The molecule has 2 aromatic rings. The summed E-state index contributed by atoms with van der Waals surface area (Å²) in [5.74, 6) is 0.915. The van der Waals surface area contributed by atoms with E-state index in [9.17, 15) is 4.79 Å². The summed E-state index contributed by atoms with van der Waals surface area (Å²) in [6, 6.07) is 13.5. The lowest BCUT2D eigenvalue weighted by Gasteiger charge is -2.39. The van der Waals surface area contributed by atoms with Crippen molar-refractivity contribution in [3.8, 4) is 0 Å². The van der Waals surface area contributed by atoms with Gasteiger partial charge in [-0.2, -0.15) is 0 Å². The van der Waals surface area contributed by atoms with Crippen LogP contribution in [0.5, 0.6) is 0 Å². The molecule has 1 aromatic heterocycles. The van der Waals surface area contributed by atoms with Crippen LogP contribution in [0.2, 0.25) is 0 Å². The topological polar surface area (TPSA) is 62.5 Å². The van der Waals surface area contributed by atoms with E-state index in [2.05, 4.69) is 25.8 Å². The fourth-order valence-electron chi connectivity index (χ4n) is 2.93. The van der Waals surface area contributed by atoms with Gasteiger partial charge in [-0.1, -0.05) is 34.1 Å². The maximum Gasteiger partial charge on any atom is 0.247 e. The van der Waals surface area contributed by atoms with Gasteiger partial charge < -0.3 is 15.5 Å². The average Bonchev–Trinajstić information content (AvgIpc) is 2.62. The summed E-state index contributed by atoms with van der Waals surface area (Å²) in [4.78, 5) is 21.3. The van der Waals surface area contributed by atoms with Crippen molar-refractivity contribution in [2.45, 2.75) is 12.5 Å². The largest absolute Gasteiger partial charge is 0.353 e. The molecule has 1 aromatic carbocycles. The molecule has 1 saturated heterocycles. The van der Waals surface area contributed by atoms with Crippen molar-refractivity contribution in [2.75, 3.05) is 31.1 Å². The molecule has 1 fully saturated rings. The van der Waals surface area contributed by atoms with E-state index < -0.39 is 5.54 Å². The Hall–Kier alpha value is -1.92. The van der Waals surface area contributed by atoms with Crippen molar-refractivity contribution in [2.24, 2.45) is 5.73 Å². The SMILES string of the molecule is CC(N)(C(=O)N1CCN(c2ccccn2)CC1)c1ccc(Br)cc1. The van der Waals surface area contributed by atoms with Crippen LogP contribution in [0.4, 0.5) is 5.82 Å². The van der Waals surface area contributed by atoms with Crippen LogP contribution in [0.15, 0.2) is 53.1 Å². The van der Waals surface area contributed by atoms with Gasteiger partial charge in [-0.25, -0.2) is 4.98 Å². The molecule has 0 aliphatic carbocycles. The number of nitrogens with zero attached hydrogens (tertiary/aromatic N) is 3. The van der Waals surface area contributed by atoms with Crippen molar-refractivity contribution >= 4 is 27.7 Å². The summed E-state index contributed by atoms with van der Waals surface area (Å²) in [6.07, 6.45) is 1.79. The number of amides is 1. The molecule has 0 saturated carbocycles. The van der Waals surface area contributed by atoms with Crippen molar-refractivity contribution in [3.05, 3.63) is 58.7 Å². The predicted molar refractivity (Wildman–Crippen MR) is 98.7 cm³/mol. The Kier molecular flexibility index (Phi) is 4.87. The van der Waals surface area contributed by atoms with E-state index in [1.165, 1.54) is 0 Å². The minimum atomic E-state index is -1.02. The summed E-state index contributed by atoms with van der Waals surface area (Å²) in [5, 5.41) is 0. The highest BCUT2D eigenvalue weighted by atomic mass is 79.9. The fourth-order valence-corrected chi connectivity index (χ4v) is 3.19. The third kappa shape index (κ3) is 3.44. The van der Waals surface area contributed by atoms with Gasteiger partial charge in [0.15, 0.2) is 0 Å². The van der Waals surface area contributed by atoms with Gasteiger partial charge in [0.05, 0.1) is 0 Å². The first-order valence-corrected chi connectivity index (χ1v) is 8.78. The molecule has 0 radical (unpaired) electrons. The second-order valence-corrected chi connectivity index (χ2v) is 7.09. The number of pyridine rings is 1. The van der Waals surface area contributed by atoms with Crippen LogP contribution in [0.1, 0.15) is 12.5 Å². The zero-order valence-electron chi connectivity index (χ0n) is 13.7. The lowest BCUT2D eigenvalue weighted by atomic mass is 9.91. The predicted octanol–water partition coefficient (Wildman–Crippen LogP) is 2.37. The molecule has 1 aliphatic rings. The molecule has 126 valence electrons.